The lowest BCUT2D eigenvalue weighted by molar-refractivity contribution is 1.05. The van der Waals surface area contributed by atoms with Crippen LogP contribution >= 0.6 is 0 Å². The van der Waals surface area contributed by atoms with E-state index in [0.29, 0.717) is 11.2 Å². The number of imidazole rings is 1. The topological polar surface area (TPSA) is 63.6 Å². The minimum Gasteiger partial charge on any atom is -0.311 e. The predicted octanol–water partition coefficient (Wildman–Crippen LogP) is 1.42. The average molecular weight is 226 g/mol. The van der Waals surface area contributed by atoms with E-state index >= 15 is 0 Å². The Balaban J connectivity index is 2.32. The van der Waals surface area contributed by atoms with Gasteiger partial charge in [-0.25, -0.2) is 9.97 Å². The molecule has 0 unspecified atom stereocenters. The molecule has 0 saturated heterocycles. The molecule has 1 N–H and O–H groups in total. The molecule has 1 aromatic carbocycles. The van der Waals surface area contributed by atoms with Gasteiger partial charge in [0.2, 0.25) is 0 Å². The number of rotatable bonds is 1. The minimum absolute atomic E-state index is 0.221. The van der Waals surface area contributed by atoms with Gasteiger partial charge in [0.25, 0.3) is 5.56 Å². The van der Waals surface area contributed by atoms with Gasteiger partial charge in [-0.3, -0.25) is 9.36 Å². The van der Waals surface area contributed by atoms with E-state index in [1.165, 1.54) is 6.33 Å². The van der Waals surface area contributed by atoms with E-state index in [4.69, 9.17) is 0 Å². The Kier molecular flexibility index (Phi) is 2.04. The number of H-pyrrole nitrogens is 1. The van der Waals surface area contributed by atoms with Gasteiger partial charge in [0, 0.05) is 5.69 Å². The van der Waals surface area contributed by atoms with Crippen molar-refractivity contribution in [3.05, 3.63) is 52.8 Å². The van der Waals surface area contributed by atoms with Crippen LogP contribution in [-0.2, 0) is 0 Å². The number of aryl methyl sites for hydroxylation is 1. The van der Waals surface area contributed by atoms with E-state index in [0.717, 1.165) is 11.3 Å². The molecule has 0 aliphatic carbocycles. The van der Waals surface area contributed by atoms with E-state index in [1.54, 1.807) is 10.9 Å². The highest BCUT2D eigenvalue weighted by molar-refractivity contribution is 5.71. The van der Waals surface area contributed by atoms with Crippen molar-refractivity contribution in [1.82, 2.24) is 19.5 Å². The van der Waals surface area contributed by atoms with Crippen molar-refractivity contribution in [2.45, 2.75) is 6.92 Å². The second-order valence-electron chi connectivity index (χ2n) is 3.86. The summed E-state index contributed by atoms with van der Waals surface area (Å²) in [6, 6.07) is 7.95. The van der Waals surface area contributed by atoms with E-state index in [9.17, 15) is 4.79 Å². The van der Waals surface area contributed by atoms with Gasteiger partial charge < -0.3 is 4.98 Å². The van der Waals surface area contributed by atoms with Gasteiger partial charge in [0.1, 0.15) is 6.33 Å². The molecule has 0 spiro atoms. The van der Waals surface area contributed by atoms with Gasteiger partial charge in [-0.05, 0) is 24.6 Å². The summed E-state index contributed by atoms with van der Waals surface area (Å²) < 4.78 is 1.80. The van der Waals surface area contributed by atoms with Gasteiger partial charge >= 0.3 is 0 Å². The molecule has 0 fully saturated rings. The molecular formula is C12H10N4O. The summed E-state index contributed by atoms with van der Waals surface area (Å²) in [6.45, 7) is 2.02. The Hall–Kier alpha value is -2.43. The monoisotopic (exact) mass is 226 g/mol. The summed E-state index contributed by atoms with van der Waals surface area (Å²) in [7, 11) is 0. The molecule has 0 amide bonds. The van der Waals surface area contributed by atoms with Crippen molar-refractivity contribution in [1.29, 1.82) is 0 Å². The first-order valence-electron chi connectivity index (χ1n) is 5.23. The molecule has 3 aromatic rings. The number of aromatic amines is 1. The third-order valence-electron chi connectivity index (χ3n) is 2.62. The SMILES string of the molecule is Cc1cccc(-n2cnc3c(=O)[nH]cnc32)c1. The molecule has 5 nitrogen and oxygen atoms in total. The maximum Gasteiger partial charge on any atom is 0.278 e. The van der Waals surface area contributed by atoms with Crippen LogP contribution in [0.1, 0.15) is 5.56 Å². The quantitative estimate of drug-likeness (QED) is 0.682. The van der Waals surface area contributed by atoms with Crippen LogP contribution in [0.15, 0.2) is 41.7 Å². The molecule has 17 heavy (non-hydrogen) atoms. The lowest BCUT2D eigenvalue weighted by Crippen LogP contribution is -2.07. The van der Waals surface area contributed by atoms with Crippen LogP contribution in [0, 0.1) is 6.92 Å². The maximum atomic E-state index is 11.5. The average Bonchev–Trinajstić information content (AvgIpc) is 2.74. The first kappa shape index (κ1) is 9.77. The van der Waals surface area contributed by atoms with Crippen LogP contribution in [-0.4, -0.2) is 19.5 Å². The molecule has 84 valence electrons. The molecule has 2 heterocycles. The van der Waals surface area contributed by atoms with Crippen LogP contribution < -0.4 is 5.56 Å². The van der Waals surface area contributed by atoms with Crippen LogP contribution in [0.2, 0.25) is 0 Å². The van der Waals surface area contributed by atoms with Crippen LogP contribution in [0.4, 0.5) is 0 Å². The third kappa shape index (κ3) is 1.52. The summed E-state index contributed by atoms with van der Waals surface area (Å²) in [5.41, 5.74) is 2.80. The van der Waals surface area contributed by atoms with Crippen LogP contribution in [0.25, 0.3) is 16.9 Å². The van der Waals surface area contributed by atoms with E-state index in [1.807, 2.05) is 31.2 Å². The fraction of sp³-hybridized carbons (Fsp3) is 0.0833. The Bertz CT molecular complexity index is 741. The highest BCUT2D eigenvalue weighted by atomic mass is 16.1. The van der Waals surface area contributed by atoms with Crippen molar-refractivity contribution >= 4 is 11.2 Å². The zero-order chi connectivity index (χ0) is 11.8. The standard InChI is InChI=1S/C12H10N4O/c1-8-3-2-4-9(5-8)16-7-15-10-11(16)13-6-14-12(10)17/h2-7H,1H3,(H,13,14,17). The number of hydrogen-bond donors (Lipinski definition) is 1. The third-order valence-corrected chi connectivity index (χ3v) is 2.62. The van der Waals surface area contributed by atoms with Crippen LogP contribution in [0.3, 0.4) is 0 Å². The predicted molar refractivity (Wildman–Crippen MR) is 64.2 cm³/mol. The molecule has 3 rings (SSSR count). The fourth-order valence-electron chi connectivity index (χ4n) is 1.81. The van der Waals surface area contributed by atoms with E-state index in [2.05, 4.69) is 15.0 Å². The van der Waals surface area contributed by atoms with Crippen molar-refractivity contribution in [2.75, 3.05) is 0 Å². The van der Waals surface area contributed by atoms with Gasteiger partial charge in [-0.15, -0.1) is 0 Å². The molecule has 0 aliphatic rings. The zero-order valence-corrected chi connectivity index (χ0v) is 9.21. The summed E-state index contributed by atoms with van der Waals surface area (Å²) in [4.78, 5) is 22.3. The minimum atomic E-state index is -0.221. The highest BCUT2D eigenvalue weighted by Gasteiger charge is 2.08. The number of benzene rings is 1. The molecule has 0 radical (unpaired) electrons. The second kappa shape index (κ2) is 3.55. The Labute approximate surface area is 96.8 Å². The lowest BCUT2D eigenvalue weighted by atomic mass is 10.2. The van der Waals surface area contributed by atoms with Crippen molar-refractivity contribution < 1.29 is 0 Å². The second-order valence-corrected chi connectivity index (χ2v) is 3.86. The molecule has 2 aromatic heterocycles. The summed E-state index contributed by atoms with van der Waals surface area (Å²) in [6.07, 6.45) is 3.00. The Morgan fingerprint density at radius 2 is 2.18 bits per heavy atom. The van der Waals surface area contributed by atoms with Gasteiger partial charge in [0.15, 0.2) is 11.2 Å². The van der Waals surface area contributed by atoms with E-state index < -0.39 is 0 Å². The summed E-state index contributed by atoms with van der Waals surface area (Å²) >= 11 is 0. The van der Waals surface area contributed by atoms with Gasteiger partial charge in [-0.1, -0.05) is 12.1 Å². The Morgan fingerprint density at radius 3 is 3.00 bits per heavy atom. The molecule has 0 saturated carbocycles. The smallest absolute Gasteiger partial charge is 0.278 e. The van der Waals surface area contributed by atoms with Gasteiger partial charge in [-0.2, -0.15) is 0 Å². The highest BCUT2D eigenvalue weighted by Crippen LogP contribution is 2.14. The molecular weight excluding hydrogens is 216 g/mol. The lowest BCUT2D eigenvalue weighted by Gasteiger charge is -2.03. The molecule has 0 aliphatic heterocycles. The first-order chi connectivity index (χ1) is 8.25. The van der Waals surface area contributed by atoms with Crippen LogP contribution in [0.5, 0.6) is 0 Å². The maximum absolute atomic E-state index is 11.5. The first-order valence-corrected chi connectivity index (χ1v) is 5.23. The zero-order valence-electron chi connectivity index (χ0n) is 9.21. The largest absolute Gasteiger partial charge is 0.311 e. The van der Waals surface area contributed by atoms with E-state index in [-0.39, 0.29) is 5.56 Å². The number of nitrogens with zero attached hydrogens (tertiary/aromatic N) is 3. The number of nitrogens with one attached hydrogen (secondary N) is 1. The summed E-state index contributed by atoms with van der Waals surface area (Å²) in [5.74, 6) is 0. The molecule has 5 heteroatoms. The molecule has 0 atom stereocenters. The van der Waals surface area contributed by atoms with Gasteiger partial charge in [0.05, 0.1) is 6.33 Å². The Morgan fingerprint density at radius 1 is 1.29 bits per heavy atom. The van der Waals surface area contributed by atoms with Crippen molar-refractivity contribution in [3.8, 4) is 5.69 Å². The number of aromatic nitrogens is 4. The normalized spacial score (nSPS) is 10.9. The van der Waals surface area contributed by atoms with Crippen molar-refractivity contribution in [3.63, 3.8) is 0 Å². The number of fused-ring (bicyclic) bond motifs is 1. The molecule has 0 bridgehead atoms. The summed E-state index contributed by atoms with van der Waals surface area (Å²) in [5, 5.41) is 0. The van der Waals surface area contributed by atoms with Crippen molar-refractivity contribution in [2.24, 2.45) is 0 Å². The number of hydrogen-bond acceptors (Lipinski definition) is 3. The fourth-order valence-corrected chi connectivity index (χ4v) is 1.81.